The number of anilines is 1. The van der Waals surface area contributed by atoms with Crippen LogP contribution in [-0.4, -0.2) is 58.1 Å². The molecule has 2 saturated heterocycles. The predicted molar refractivity (Wildman–Crippen MR) is 75.5 cm³/mol. The van der Waals surface area contributed by atoms with Crippen LogP contribution in [-0.2, 0) is 0 Å². The van der Waals surface area contributed by atoms with Gasteiger partial charge in [-0.05, 0) is 32.2 Å². The van der Waals surface area contributed by atoms with Crippen molar-refractivity contribution in [1.29, 1.82) is 0 Å². The molecule has 20 heavy (non-hydrogen) atoms. The molecular formula is C14H21N5O. The first-order chi connectivity index (χ1) is 9.74. The van der Waals surface area contributed by atoms with Crippen LogP contribution in [0.2, 0.25) is 0 Å². The summed E-state index contributed by atoms with van der Waals surface area (Å²) in [6.07, 6.45) is 4.76. The van der Waals surface area contributed by atoms with E-state index in [4.69, 9.17) is 5.73 Å². The standard InChI is InChI=1S/C14H21N5O/c15-11-12(9-3-4-9)16-17-13(11)14(20)19-7-6-18-5-1-2-10(18)8-19/h9-10H,1-8,15H2,(H,16,17). The Labute approximate surface area is 118 Å². The number of nitrogens with zero attached hydrogens (tertiary/aromatic N) is 3. The summed E-state index contributed by atoms with van der Waals surface area (Å²) in [5.74, 6) is 0.493. The van der Waals surface area contributed by atoms with Crippen LogP contribution < -0.4 is 5.73 Å². The van der Waals surface area contributed by atoms with E-state index in [1.165, 1.54) is 19.4 Å². The van der Waals surface area contributed by atoms with E-state index in [-0.39, 0.29) is 5.91 Å². The zero-order chi connectivity index (χ0) is 13.7. The summed E-state index contributed by atoms with van der Waals surface area (Å²) >= 11 is 0. The fourth-order valence-electron chi connectivity index (χ4n) is 3.54. The van der Waals surface area contributed by atoms with Crippen molar-refractivity contribution in [3.05, 3.63) is 11.4 Å². The number of aromatic amines is 1. The SMILES string of the molecule is Nc1c(C(=O)N2CCN3CCCC3C2)n[nH]c1C1CC1. The second-order valence-corrected chi connectivity index (χ2v) is 6.26. The van der Waals surface area contributed by atoms with E-state index < -0.39 is 0 Å². The van der Waals surface area contributed by atoms with Gasteiger partial charge in [-0.15, -0.1) is 0 Å². The number of nitrogen functional groups attached to an aromatic ring is 1. The Bertz CT molecular complexity index is 536. The minimum Gasteiger partial charge on any atom is -0.395 e. The van der Waals surface area contributed by atoms with Crippen LogP contribution in [0.15, 0.2) is 0 Å². The average Bonchev–Trinajstić information content (AvgIpc) is 3.06. The Kier molecular flexibility index (Phi) is 2.73. The molecule has 3 heterocycles. The van der Waals surface area contributed by atoms with Crippen LogP contribution >= 0.6 is 0 Å². The van der Waals surface area contributed by atoms with Gasteiger partial charge in [0.05, 0.1) is 11.4 Å². The van der Waals surface area contributed by atoms with Crippen molar-refractivity contribution in [3.63, 3.8) is 0 Å². The van der Waals surface area contributed by atoms with Crippen molar-refractivity contribution in [1.82, 2.24) is 20.0 Å². The first-order valence-corrected chi connectivity index (χ1v) is 7.61. The van der Waals surface area contributed by atoms with E-state index >= 15 is 0 Å². The number of H-pyrrole nitrogens is 1. The van der Waals surface area contributed by atoms with E-state index in [0.717, 1.165) is 38.2 Å². The molecule has 1 aromatic rings. The van der Waals surface area contributed by atoms with E-state index in [0.29, 0.717) is 23.3 Å². The summed E-state index contributed by atoms with van der Waals surface area (Å²) < 4.78 is 0. The maximum Gasteiger partial charge on any atom is 0.276 e. The molecule has 4 rings (SSSR count). The smallest absolute Gasteiger partial charge is 0.276 e. The average molecular weight is 275 g/mol. The zero-order valence-electron chi connectivity index (χ0n) is 11.6. The number of carbonyl (C=O) groups is 1. The lowest BCUT2D eigenvalue weighted by molar-refractivity contribution is 0.0566. The number of rotatable bonds is 2. The van der Waals surface area contributed by atoms with Crippen molar-refractivity contribution in [2.75, 3.05) is 31.9 Å². The quantitative estimate of drug-likeness (QED) is 0.836. The molecule has 1 amide bonds. The van der Waals surface area contributed by atoms with Gasteiger partial charge >= 0.3 is 0 Å². The van der Waals surface area contributed by atoms with E-state index in [1.807, 2.05) is 4.90 Å². The molecule has 1 aliphatic carbocycles. The Morgan fingerprint density at radius 3 is 2.90 bits per heavy atom. The molecule has 3 N–H and O–H groups in total. The second kappa shape index (κ2) is 4.48. The number of fused-ring (bicyclic) bond motifs is 1. The molecule has 6 heteroatoms. The maximum absolute atomic E-state index is 12.6. The Balaban J connectivity index is 1.52. The lowest BCUT2D eigenvalue weighted by atomic mass is 10.1. The minimum atomic E-state index is -0.00259. The Hall–Kier alpha value is -1.56. The molecule has 3 fully saturated rings. The highest BCUT2D eigenvalue weighted by molar-refractivity contribution is 5.97. The summed E-state index contributed by atoms with van der Waals surface area (Å²) in [6.45, 7) is 3.78. The van der Waals surface area contributed by atoms with Gasteiger partial charge in [-0.3, -0.25) is 14.8 Å². The second-order valence-electron chi connectivity index (χ2n) is 6.26. The molecule has 1 saturated carbocycles. The van der Waals surface area contributed by atoms with Gasteiger partial charge in [-0.2, -0.15) is 5.10 Å². The van der Waals surface area contributed by atoms with Crippen molar-refractivity contribution < 1.29 is 4.79 Å². The molecule has 0 spiro atoms. The fourth-order valence-corrected chi connectivity index (χ4v) is 3.54. The molecule has 6 nitrogen and oxygen atoms in total. The van der Waals surface area contributed by atoms with Crippen LogP contribution in [0.1, 0.15) is 47.8 Å². The van der Waals surface area contributed by atoms with E-state index in [1.54, 1.807) is 0 Å². The molecule has 0 aromatic carbocycles. The summed E-state index contributed by atoms with van der Waals surface area (Å²) in [6, 6.07) is 0.538. The first-order valence-electron chi connectivity index (χ1n) is 7.61. The van der Waals surface area contributed by atoms with Crippen molar-refractivity contribution in [3.8, 4) is 0 Å². The molecule has 0 bridgehead atoms. The third-order valence-corrected chi connectivity index (χ3v) is 4.90. The topological polar surface area (TPSA) is 78.2 Å². The number of nitrogens with two attached hydrogens (primary N) is 1. The monoisotopic (exact) mass is 275 g/mol. The summed E-state index contributed by atoms with van der Waals surface area (Å²) in [5.41, 5.74) is 8.08. The van der Waals surface area contributed by atoms with Gasteiger partial charge in [0.25, 0.3) is 5.91 Å². The molecule has 1 unspecified atom stereocenters. The number of aromatic nitrogens is 2. The maximum atomic E-state index is 12.6. The first kappa shape index (κ1) is 12.2. The van der Waals surface area contributed by atoms with Crippen molar-refractivity contribution in [2.45, 2.75) is 37.6 Å². The van der Waals surface area contributed by atoms with Crippen LogP contribution in [0.4, 0.5) is 5.69 Å². The number of amides is 1. The highest BCUT2D eigenvalue weighted by Gasteiger charge is 2.35. The number of hydrogen-bond donors (Lipinski definition) is 2. The van der Waals surface area contributed by atoms with Gasteiger partial charge in [-0.25, -0.2) is 0 Å². The molecule has 108 valence electrons. The fraction of sp³-hybridized carbons (Fsp3) is 0.714. The molecule has 2 aliphatic heterocycles. The van der Waals surface area contributed by atoms with Gasteiger partial charge in [0.15, 0.2) is 5.69 Å². The van der Waals surface area contributed by atoms with Gasteiger partial charge < -0.3 is 10.6 Å². The highest BCUT2D eigenvalue weighted by Crippen LogP contribution is 2.42. The Morgan fingerprint density at radius 1 is 1.25 bits per heavy atom. The molecule has 1 aromatic heterocycles. The van der Waals surface area contributed by atoms with Gasteiger partial charge in [0, 0.05) is 31.6 Å². The summed E-state index contributed by atoms with van der Waals surface area (Å²) in [5, 5.41) is 7.15. The third kappa shape index (κ3) is 1.90. The van der Waals surface area contributed by atoms with Crippen LogP contribution in [0, 0.1) is 0 Å². The lowest BCUT2D eigenvalue weighted by Crippen LogP contribution is -2.52. The third-order valence-electron chi connectivity index (χ3n) is 4.90. The van der Waals surface area contributed by atoms with Crippen molar-refractivity contribution in [2.24, 2.45) is 0 Å². The number of nitrogens with one attached hydrogen (secondary N) is 1. The molecule has 1 atom stereocenters. The predicted octanol–water partition coefficient (Wildman–Crippen LogP) is 0.789. The zero-order valence-corrected chi connectivity index (χ0v) is 11.6. The van der Waals surface area contributed by atoms with Crippen molar-refractivity contribution >= 4 is 11.6 Å². The highest BCUT2D eigenvalue weighted by atomic mass is 16.2. The summed E-state index contributed by atoms with van der Waals surface area (Å²) in [4.78, 5) is 17.0. The Morgan fingerprint density at radius 2 is 2.10 bits per heavy atom. The van der Waals surface area contributed by atoms with Gasteiger partial charge in [0.2, 0.25) is 0 Å². The van der Waals surface area contributed by atoms with E-state index in [2.05, 4.69) is 15.1 Å². The van der Waals surface area contributed by atoms with Crippen LogP contribution in [0.25, 0.3) is 0 Å². The largest absolute Gasteiger partial charge is 0.395 e. The van der Waals surface area contributed by atoms with Gasteiger partial charge in [0.1, 0.15) is 0 Å². The van der Waals surface area contributed by atoms with E-state index in [9.17, 15) is 4.79 Å². The number of hydrogen-bond acceptors (Lipinski definition) is 4. The molecule has 3 aliphatic rings. The number of carbonyl (C=O) groups excluding carboxylic acids is 1. The lowest BCUT2D eigenvalue weighted by Gasteiger charge is -2.37. The number of piperazine rings is 1. The molecular weight excluding hydrogens is 254 g/mol. The van der Waals surface area contributed by atoms with Gasteiger partial charge in [-0.1, -0.05) is 0 Å². The summed E-state index contributed by atoms with van der Waals surface area (Å²) in [7, 11) is 0. The molecule has 0 radical (unpaired) electrons. The van der Waals surface area contributed by atoms with Crippen LogP contribution in [0.3, 0.4) is 0 Å². The minimum absolute atomic E-state index is 0.00259. The van der Waals surface area contributed by atoms with Crippen LogP contribution in [0.5, 0.6) is 0 Å². The normalized spacial score (nSPS) is 26.8.